The molecule has 1 aromatic rings. The number of nitrogens with two attached hydrogens (primary N) is 1. The Bertz CT molecular complexity index is 510. The first kappa shape index (κ1) is 12.4. The fourth-order valence-corrected chi connectivity index (χ4v) is 2.41. The predicted molar refractivity (Wildman–Crippen MR) is 66.9 cm³/mol. The highest BCUT2D eigenvalue weighted by Crippen LogP contribution is 2.31. The third kappa shape index (κ3) is 3.20. The second kappa shape index (κ2) is 4.66. The van der Waals surface area contributed by atoms with Gasteiger partial charge in [0.2, 0.25) is 0 Å². The zero-order chi connectivity index (χ0) is 12.5. The van der Waals surface area contributed by atoms with E-state index in [2.05, 4.69) is 0 Å². The van der Waals surface area contributed by atoms with Gasteiger partial charge in [-0.15, -0.1) is 0 Å². The van der Waals surface area contributed by atoms with Crippen LogP contribution in [-0.4, -0.2) is 27.0 Å². The first-order chi connectivity index (χ1) is 7.96. The van der Waals surface area contributed by atoms with Crippen LogP contribution in [0.25, 0.3) is 0 Å². The number of aryl methyl sites for hydroxylation is 1. The number of sulfone groups is 1. The van der Waals surface area contributed by atoms with Crippen LogP contribution < -0.4 is 10.5 Å². The Hall–Kier alpha value is -1.07. The van der Waals surface area contributed by atoms with Gasteiger partial charge in [0.15, 0.2) is 9.84 Å². The lowest BCUT2D eigenvalue weighted by molar-refractivity contribution is 0.341. The van der Waals surface area contributed by atoms with Crippen LogP contribution in [0, 0.1) is 0 Å². The van der Waals surface area contributed by atoms with E-state index >= 15 is 0 Å². The summed E-state index contributed by atoms with van der Waals surface area (Å²) in [6, 6.07) is 5.93. The first-order valence-electron chi connectivity index (χ1n) is 5.64. The van der Waals surface area contributed by atoms with E-state index in [1.807, 2.05) is 18.2 Å². The summed E-state index contributed by atoms with van der Waals surface area (Å²) in [5, 5.41) is 0. The molecule has 1 aliphatic carbocycles. The number of hydrogen-bond donors (Lipinski definition) is 1. The molecule has 5 heteroatoms. The number of rotatable bonds is 4. The van der Waals surface area contributed by atoms with Gasteiger partial charge in [0, 0.05) is 12.3 Å². The molecule has 2 rings (SSSR count). The summed E-state index contributed by atoms with van der Waals surface area (Å²) in [6.07, 6.45) is 3.15. The fraction of sp³-hybridized carbons (Fsp3) is 0.500. The minimum atomic E-state index is -2.96. The Morgan fingerprint density at radius 1 is 1.47 bits per heavy atom. The van der Waals surface area contributed by atoms with Crippen molar-refractivity contribution in [2.24, 2.45) is 5.73 Å². The topological polar surface area (TPSA) is 69.4 Å². The number of fused-ring (bicyclic) bond motifs is 1. The lowest BCUT2D eigenvalue weighted by atomic mass is 10.1. The van der Waals surface area contributed by atoms with E-state index < -0.39 is 9.84 Å². The van der Waals surface area contributed by atoms with Crippen molar-refractivity contribution in [1.29, 1.82) is 0 Å². The van der Waals surface area contributed by atoms with Crippen molar-refractivity contribution in [3.05, 3.63) is 29.3 Å². The summed E-state index contributed by atoms with van der Waals surface area (Å²) < 4.78 is 27.3. The molecule has 0 bridgehead atoms. The summed E-state index contributed by atoms with van der Waals surface area (Å²) in [5.41, 5.74) is 8.33. The Labute approximate surface area is 102 Å². The van der Waals surface area contributed by atoms with Gasteiger partial charge in [-0.25, -0.2) is 8.42 Å². The second-order valence-corrected chi connectivity index (χ2v) is 6.74. The molecule has 0 radical (unpaired) electrons. The van der Waals surface area contributed by atoms with Gasteiger partial charge in [-0.3, -0.25) is 0 Å². The largest absolute Gasteiger partial charge is 0.493 e. The summed E-state index contributed by atoms with van der Waals surface area (Å²) in [6.45, 7) is 0.198. The van der Waals surface area contributed by atoms with Crippen LogP contribution in [-0.2, 0) is 16.3 Å². The summed E-state index contributed by atoms with van der Waals surface area (Å²) in [5.74, 6) is 0.769. The molecular formula is C12H17NO3S. The molecule has 1 aromatic carbocycles. The molecule has 0 spiro atoms. The van der Waals surface area contributed by atoms with E-state index in [-0.39, 0.29) is 18.4 Å². The van der Waals surface area contributed by atoms with Gasteiger partial charge in [0.05, 0.1) is 5.75 Å². The van der Waals surface area contributed by atoms with E-state index in [1.165, 1.54) is 17.4 Å². The van der Waals surface area contributed by atoms with Crippen molar-refractivity contribution in [3.63, 3.8) is 0 Å². The van der Waals surface area contributed by atoms with E-state index in [0.29, 0.717) is 0 Å². The van der Waals surface area contributed by atoms with Crippen LogP contribution in [0.3, 0.4) is 0 Å². The SMILES string of the molecule is CS(=O)(=O)CCOc1ccc2c(c1)CC[C@H]2N. The predicted octanol–water partition coefficient (Wildman–Crippen LogP) is 1.06. The molecule has 0 saturated carbocycles. The van der Waals surface area contributed by atoms with E-state index in [9.17, 15) is 8.42 Å². The molecular weight excluding hydrogens is 238 g/mol. The number of benzene rings is 1. The van der Waals surface area contributed by atoms with E-state index in [1.54, 1.807) is 0 Å². The van der Waals surface area contributed by atoms with Gasteiger partial charge in [-0.1, -0.05) is 6.07 Å². The van der Waals surface area contributed by atoms with Crippen molar-refractivity contribution in [2.75, 3.05) is 18.6 Å². The van der Waals surface area contributed by atoms with Gasteiger partial charge in [-0.05, 0) is 36.1 Å². The molecule has 0 unspecified atom stereocenters. The zero-order valence-corrected chi connectivity index (χ0v) is 10.7. The van der Waals surface area contributed by atoms with Gasteiger partial charge >= 0.3 is 0 Å². The highest BCUT2D eigenvalue weighted by Gasteiger charge is 2.19. The van der Waals surface area contributed by atoms with Crippen LogP contribution in [0.1, 0.15) is 23.6 Å². The average Bonchev–Trinajstić information content (AvgIpc) is 2.58. The lowest BCUT2D eigenvalue weighted by Gasteiger charge is -2.08. The maximum atomic E-state index is 11.0. The summed E-state index contributed by atoms with van der Waals surface area (Å²) >= 11 is 0. The number of hydrogen-bond acceptors (Lipinski definition) is 4. The molecule has 0 aliphatic heterocycles. The van der Waals surface area contributed by atoms with Crippen LogP contribution in [0.4, 0.5) is 0 Å². The molecule has 0 heterocycles. The summed E-state index contributed by atoms with van der Waals surface area (Å²) in [4.78, 5) is 0. The van der Waals surface area contributed by atoms with Gasteiger partial charge in [0.25, 0.3) is 0 Å². The maximum Gasteiger partial charge on any atom is 0.150 e. The highest BCUT2D eigenvalue weighted by atomic mass is 32.2. The lowest BCUT2D eigenvalue weighted by Crippen LogP contribution is -2.12. The van der Waals surface area contributed by atoms with Crippen molar-refractivity contribution >= 4 is 9.84 Å². The maximum absolute atomic E-state index is 11.0. The molecule has 17 heavy (non-hydrogen) atoms. The van der Waals surface area contributed by atoms with Gasteiger partial charge in [0.1, 0.15) is 12.4 Å². The Kier molecular flexibility index (Phi) is 3.40. The average molecular weight is 255 g/mol. The fourth-order valence-electron chi connectivity index (χ4n) is 2.03. The van der Waals surface area contributed by atoms with E-state index in [0.717, 1.165) is 18.6 Å². The Morgan fingerprint density at radius 3 is 2.94 bits per heavy atom. The molecule has 1 aliphatic rings. The van der Waals surface area contributed by atoms with Crippen LogP contribution >= 0.6 is 0 Å². The summed E-state index contributed by atoms with van der Waals surface area (Å²) in [7, 11) is -2.96. The van der Waals surface area contributed by atoms with Crippen molar-refractivity contribution in [1.82, 2.24) is 0 Å². The second-order valence-electron chi connectivity index (χ2n) is 4.48. The van der Waals surface area contributed by atoms with Gasteiger partial charge in [-0.2, -0.15) is 0 Å². The Balaban J connectivity index is 1.99. The molecule has 0 fully saturated rings. The molecule has 2 N–H and O–H groups in total. The van der Waals surface area contributed by atoms with Crippen molar-refractivity contribution < 1.29 is 13.2 Å². The minimum Gasteiger partial charge on any atom is -0.493 e. The standard InChI is InChI=1S/C12H17NO3S/c1-17(14,15)7-6-16-10-3-4-11-9(8-10)2-5-12(11)13/h3-4,8,12H,2,5-7,13H2,1H3/t12-/m1/s1. The minimum absolute atomic E-state index is 0.0452. The third-order valence-electron chi connectivity index (χ3n) is 2.96. The Morgan fingerprint density at radius 2 is 2.24 bits per heavy atom. The molecule has 94 valence electrons. The normalized spacial score (nSPS) is 19.1. The highest BCUT2D eigenvalue weighted by molar-refractivity contribution is 7.90. The van der Waals surface area contributed by atoms with E-state index in [4.69, 9.17) is 10.5 Å². The monoisotopic (exact) mass is 255 g/mol. The van der Waals surface area contributed by atoms with Crippen LogP contribution in [0.2, 0.25) is 0 Å². The quantitative estimate of drug-likeness (QED) is 0.873. The van der Waals surface area contributed by atoms with Crippen LogP contribution in [0.15, 0.2) is 18.2 Å². The molecule has 1 atom stereocenters. The molecule has 0 saturated heterocycles. The third-order valence-corrected chi connectivity index (χ3v) is 3.87. The first-order valence-corrected chi connectivity index (χ1v) is 7.71. The zero-order valence-electron chi connectivity index (χ0n) is 9.85. The van der Waals surface area contributed by atoms with Crippen molar-refractivity contribution in [2.45, 2.75) is 18.9 Å². The molecule has 0 amide bonds. The molecule has 0 aromatic heterocycles. The molecule has 4 nitrogen and oxygen atoms in total. The van der Waals surface area contributed by atoms with Crippen LogP contribution in [0.5, 0.6) is 5.75 Å². The van der Waals surface area contributed by atoms with Gasteiger partial charge < -0.3 is 10.5 Å². The number of ether oxygens (including phenoxy) is 1. The van der Waals surface area contributed by atoms with Crippen molar-refractivity contribution in [3.8, 4) is 5.75 Å². The smallest absolute Gasteiger partial charge is 0.150 e.